The van der Waals surface area contributed by atoms with E-state index in [0.717, 1.165) is 23.2 Å². The van der Waals surface area contributed by atoms with Crippen LogP contribution in [0.3, 0.4) is 0 Å². The van der Waals surface area contributed by atoms with Crippen molar-refractivity contribution < 1.29 is 9.13 Å². The molecule has 0 saturated carbocycles. The Morgan fingerprint density at radius 2 is 2.00 bits per heavy atom. The van der Waals surface area contributed by atoms with Crippen molar-refractivity contribution in [2.75, 3.05) is 13.7 Å². The molecule has 0 aromatic heterocycles. The van der Waals surface area contributed by atoms with E-state index in [4.69, 9.17) is 16.3 Å². The van der Waals surface area contributed by atoms with Crippen molar-refractivity contribution >= 4 is 11.6 Å². The monoisotopic (exact) mass is 307 g/mol. The van der Waals surface area contributed by atoms with Crippen molar-refractivity contribution in [1.82, 2.24) is 5.32 Å². The summed E-state index contributed by atoms with van der Waals surface area (Å²) in [5.41, 5.74) is 2.98. The summed E-state index contributed by atoms with van der Waals surface area (Å²) >= 11 is 6.21. The van der Waals surface area contributed by atoms with Crippen LogP contribution in [-0.2, 0) is 0 Å². The third-order valence-electron chi connectivity index (χ3n) is 3.46. The largest absolute Gasteiger partial charge is 0.495 e. The smallest absolute Gasteiger partial charge is 0.137 e. The Bertz CT molecular complexity index is 630. The summed E-state index contributed by atoms with van der Waals surface area (Å²) in [4.78, 5) is 0. The van der Waals surface area contributed by atoms with Gasteiger partial charge in [0.15, 0.2) is 0 Å². The Kier molecular flexibility index (Phi) is 5.21. The molecule has 4 heteroatoms. The Morgan fingerprint density at radius 3 is 2.57 bits per heavy atom. The van der Waals surface area contributed by atoms with Crippen LogP contribution in [0.4, 0.5) is 4.39 Å². The zero-order valence-electron chi connectivity index (χ0n) is 12.4. The van der Waals surface area contributed by atoms with Gasteiger partial charge in [0.1, 0.15) is 11.6 Å². The van der Waals surface area contributed by atoms with Crippen LogP contribution in [0.2, 0.25) is 5.02 Å². The molecule has 0 fully saturated rings. The molecule has 112 valence electrons. The van der Waals surface area contributed by atoms with Crippen LogP contribution < -0.4 is 10.1 Å². The van der Waals surface area contributed by atoms with E-state index in [2.05, 4.69) is 5.32 Å². The normalized spacial score (nSPS) is 12.2. The Morgan fingerprint density at radius 1 is 1.24 bits per heavy atom. The summed E-state index contributed by atoms with van der Waals surface area (Å²) in [7, 11) is 1.59. The van der Waals surface area contributed by atoms with Gasteiger partial charge in [-0.25, -0.2) is 4.39 Å². The van der Waals surface area contributed by atoms with Gasteiger partial charge in [-0.05, 0) is 54.4 Å². The number of rotatable bonds is 5. The van der Waals surface area contributed by atoms with Gasteiger partial charge in [-0.3, -0.25) is 0 Å². The topological polar surface area (TPSA) is 21.3 Å². The molecule has 2 rings (SSSR count). The van der Waals surface area contributed by atoms with Crippen LogP contribution in [0.25, 0.3) is 0 Å². The highest BCUT2D eigenvalue weighted by atomic mass is 35.5. The Labute approximate surface area is 129 Å². The average Bonchev–Trinajstić information content (AvgIpc) is 2.45. The average molecular weight is 308 g/mol. The molecule has 21 heavy (non-hydrogen) atoms. The van der Waals surface area contributed by atoms with E-state index >= 15 is 0 Å². The van der Waals surface area contributed by atoms with E-state index in [9.17, 15) is 4.39 Å². The molecule has 2 aromatic rings. The highest BCUT2D eigenvalue weighted by Crippen LogP contribution is 2.31. The van der Waals surface area contributed by atoms with Crippen LogP contribution in [0, 0.1) is 12.7 Å². The molecule has 0 heterocycles. The zero-order valence-corrected chi connectivity index (χ0v) is 13.2. The maximum absolute atomic E-state index is 13.3. The minimum atomic E-state index is -0.223. The maximum atomic E-state index is 13.3. The summed E-state index contributed by atoms with van der Waals surface area (Å²) in [6, 6.07) is 10.5. The number of halogens is 2. The first kappa shape index (κ1) is 15.8. The number of methoxy groups -OCH3 is 1. The number of hydrogen-bond donors (Lipinski definition) is 1. The number of nitrogens with one attached hydrogen (secondary N) is 1. The third kappa shape index (κ3) is 3.55. The molecule has 0 aliphatic carbocycles. The van der Waals surface area contributed by atoms with Crippen LogP contribution in [0.15, 0.2) is 36.4 Å². The summed E-state index contributed by atoms with van der Waals surface area (Å²) in [5.74, 6) is 0.422. The van der Waals surface area contributed by atoms with Gasteiger partial charge in [-0.15, -0.1) is 0 Å². The first-order valence-corrected chi connectivity index (χ1v) is 7.27. The van der Waals surface area contributed by atoms with Crippen molar-refractivity contribution in [2.45, 2.75) is 19.9 Å². The van der Waals surface area contributed by atoms with Crippen molar-refractivity contribution in [2.24, 2.45) is 0 Å². The van der Waals surface area contributed by atoms with E-state index in [1.165, 1.54) is 6.07 Å². The summed E-state index contributed by atoms with van der Waals surface area (Å²) in [6.45, 7) is 4.75. The van der Waals surface area contributed by atoms with Crippen LogP contribution in [0.1, 0.15) is 29.7 Å². The molecule has 0 amide bonds. The molecule has 2 aromatic carbocycles. The van der Waals surface area contributed by atoms with Gasteiger partial charge >= 0.3 is 0 Å². The van der Waals surface area contributed by atoms with Crippen LogP contribution in [-0.4, -0.2) is 13.7 Å². The van der Waals surface area contributed by atoms with Crippen LogP contribution >= 0.6 is 11.6 Å². The highest BCUT2D eigenvalue weighted by Gasteiger charge is 2.17. The fourth-order valence-electron chi connectivity index (χ4n) is 2.44. The van der Waals surface area contributed by atoms with E-state index < -0.39 is 0 Å². The number of benzene rings is 2. The van der Waals surface area contributed by atoms with Crippen molar-refractivity contribution in [3.8, 4) is 5.75 Å². The predicted molar refractivity (Wildman–Crippen MR) is 84.7 cm³/mol. The number of ether oxygens (including phenoxy) is 1. The molecule has 0 aliphatic rings. The number of aryl methyl sites for hydroxylation is 1. The summed E-state index contributed by atoms with van der Waals surface area (Å²) in [5, 5.41) is 3.99. The SMILES string of the molecule is CCNC(c1ccc(OC)c(Cl)c1)c1ccc(F)cc1C. The lowest BCUT2D eigenvalue weighted by Gasteiger charge is -2.21. The van der Waals surface area contributed by atoms with Gasteiger partial charge in [0.25, 0.3) is 0 Å². The fourth-order valence-corrected chi connectivity index (χ4v) is 2.70. The first-order valence-electron chi connectivity index (χ1n) is 6.89. The summed E-state index contributed by atoms with van der Waals surface area (Å²) < 4.78 is 18.5. The van der Waals surface area contributed by atoms with Gasteiger partial charge in [0.2, 0.25) is 0 Å². The van der Waals surface area contributed by atoms with Gasteiger partial charge < -0.3 is 10.1 Å². The summed E-state index contributed by atoms with van der Waals surface area (Å²) in [6.07, 6.45) is 0. The standard InChI is InChI=1S/C17H19ClFNO/c1-4-20-17(14-7-6-13(19)9-11(14)2)12-5-8-16(21-3)15(18)10-12/h5-10,17,20H,4H2,1-3H3. The number of hydrogen-bond acceptors (Lipinski definition) is 2. The molecule has 0 spiro atoms. The second-order valence-electron chi connectivity index (χ2n) is 4.89. The van der Waals surface area contributed by atoms with E-state index in [1.54, 1.807) is 13.2 Å². The molecule has 1 atom stereocenters. The van der Waals surface area contributed by atoms with E-state index in [0.29, 0.717) is 10.8 Å². The van der Waals surface area contributed by atoms with Gasteiger partial charge in [-0.2, -0.15) is 0 Å². The minimum Gasteiger partial charge on any atom is -0.495 e. The zero-order chi connectivity index (χ0) is 15.4. The fraction of sp³-hybridized carbons (Fsp3) is 0.294. The van der Waals surface area contributed by atoms with Gasteiger partial charge in [0.05, 0.1) is 18.2 Å². The lowest BCUT2D eigenvalue weighted by atomic mass is 9.94. The van der Waals surface area contributed by atoms with E-state index in [1.807, 2.05) is 38.1 Å². The Balaban J connectivity index is 2.45. The van der Waals surface area contributed by atoms with Crippen molar-refractivity contribution in [1.29, 1.82) is 0 Å². The van der Waals surface area contributed by atoms with Crippen LogP contribution in [0.5, 0.6) is 5.75 Å². The maximum Gasteiger partial charge on any atom is 0.137 e. The predicted octanol–water partition coefficient (Wildman–Crippen LogP) is 4.50. The molecule has 0 bridgehead atoms. The molecular weight excluding hydrogens is 289 g/mol. The van der Waals surface area contributed by atoms with Crippen molar-refractivity contribution in [3.05, 3.63) is 63.9 Å². The lowest BCUT2D eigenvalue weighted by Crippen LogP contribution is -2.22. The molecule has 1 N–H and O–H groups in total. The molecule has 0 radical (unpaired) electrons. The van der Waals surface area contributed by atoms with Gasteiger partial charge in [0, 0.05) is 0 Å². The van der Waals surface area contributed by atoms with Gasteiger partial charge in [-0.1, -0.05) is 30.7 Å². The quantitative estimate of drug-likeness (QED) is 0.878. The Hall–Kier alpha value is -1.58. The molecule has 0 saturated heterocycles. The third-order valence-corrected chi connectivity index (χ3v) is 3.76. The molecular formula is C17H19ClFNO. The lowest BCUT2D eigenvalue weighted by molar-refractivity contribution is 0.414. The molecule has 1 unspecified atom stereocenters. The second-order valence-corrected chi connectivity index (χ2v) is 5.29. The highest BCUT2D eigenvalue weighted by molar-refractivity contribution is 6.32. The van der Waals surface area contributed by atoms with E-state index in [-0.39, 0.29) is 11.9 Å². The first-order chi connectivity index (χ1) is 10.1. The molecule has 2 nitrogen and oxygen atoms in total. The minimum absolute atomic E-state index is 0.0287. The van der Waals surface area contributed by atoms with Crippen molar-refractivity contribution in [3.63, 3.8) is 0 Å². The second kappa shape index (κ2) is 6.92. The molecule has 0 aliphatic heterocycles.